The average Bonchev–Trinajstić information content (AvgIpc) is 2.85. The Morgan fingerprint density at radius 1 is 1.08 bits per heavy atom. The van der Waals surface area contributed by atoms with E-state index in [0.717, 1.165) is 50.3 Å². The van der Waals surface area contributed by atoms with E-state index >= 15 is 0 Å². The number of carbonyl (C=O) groups is 1. The largest absolute Gasteiger partial charge is 0.484 e. The summed E-state index contributed by atoms with van der Waals surface area (Å²) >= 11 is 0. The monoisotopic (exact) mass is 324 g/mol. The van der Waals surface area contributed by atoms with Gasteiger partial charge in [-0.25, -0.2) is 0 Å². The van der Waals surface area contributed by atoms with E-state index in [1.807, 2.05) is 47.4 Å². The zero-order chi connectivity index (χ0) is 16.8. The van der Waals surface area contributed by atoms with Crippen LogP contribution in [0.2, 0.25) is 0 Å². The van der Waals surface area contributed by atoms with Gasteiger partial charge >= 0.3 is 0 Å². The minimum atomic E-state index is 0.0589. The van der Waals surface area contributed by atoms with Gasteiger partial charge in [-0.2, -0.15) is 0 Å². The van der Waals surface area contributed by atoms with Gasteiger partial charge in [0.15, 0.2) is 6.61 Å². The van der Waals surface area contributed by atoms with Gasteiger partial charge in [-0.15, -0.1) is 6.58 Å². The molecule has 1 saturated heterocycles. The van der Waals surface area contributed by atoms with Crippen LogP contribution in [-0.4, -0.2) is 55.0 Å². The van der Waals surface area contributed by atoms with Crippen LogP contribution in [0.3, 0.4) is 0 Å². The van der Waals surface area contributed by atoms with Crippen molar-refractivity contribution in [2.45, 2.75) is 6.42 Å². The van der Waals surface area contributed by atoms with Crippen LogP contribution >= 0.6 is 0 Å². The maximum atomic E-state index is 12.4. The standard InChI is InChI=1S/C20H24N2O2/c1-2-10-21-11-5-12-22(14-13-21)20(23)16-24-19-9-8-17-6-3-4-7-18(17)15-19/h2-4,6-9,15H,1,5,10-14,16H2. The van der Waals surface area contributed by atoms with Crippen LogP contribution in [0.1, 0.15) is 6.42 Å². The molecule has 4 heteroatoms. The normalized spacial score (nSPS) is 15.9. The molecule has 0 spiro atoms. The highest BCUT2D eigenvalue weighted by Crippen LogP contribution is 2.20. The first-order valence-corrected chi connectivity index (χ1v) is 8.49. The maximum absolute atomic E-state index is 12.4. The van der Waals surface area contributed by atoms with E-state index in [-0.39, 0.29) is 12.5 Å². The molecule has 3 rings (SSSR count). The summed E-state index contributed by atoms with van der Waals surface area (Å²) in [6.45, 7) is 8.23. The zero-order valence-electron chi connectivity index (χ0n) is 14.0. The van der Waals surface area contributed by atoms with Crippen LogP contribution in [0, 0.1) is 0 Å². The summed E-state index contributed by atoms with van der Waals surface area (Å²) < 4.78 is 5.72. The Kier molecular flexibility index (Phi) is 5.49. The predicted molar refractivity (Wildman–Crippen MR) is 97.3 cm³/mol. The van der Waals surface area contributed by atoms with Crippen molar-refractivity contribution in [1.82, 2.24) is 9.80 Å². The number of hydrogen-bond donors (Lipinski definition) is 0. The van der Waals surface area contributed by atoms with Gasteiger partial charge in [-0.05, 0) is 29.3 Å². The minimum absolute atomic E-state index is 0.0589. The highest BCUT2D eigenvalue weighted by molar-refractivity contribution is 5.84. The number of ether oxygens (including phenoxy) is 1. The Hall–Kier alpha value is -2.33. The smallest absolute Gasteiger partial charge is 0.260 e. The molecule has 24 heavy (non-hydrogen) atoms. The molecule has 0 aromatic heterocycles. The molecule has 2 aromatic rings. The molecule has 0 atom stereocenters. The number of carbonyl (C=O) groups excluding carboxylic acids is 1. The first-order chi connectivity index (χ1) is 11.8. The lowest BCUT2D eigenvalue weighted by atomic mass is 10.1. The Bertz CT molecular complexity index is 714. The van der Waals surface area contributed by atoms with Gasteiger partial charge in [-0.3, -0.25) is 9.69 Å². The van der Waals surface area contributed by atoms with Gasteiger partial charge in [0.25, 0.3) is 5.91 Å². The first-order valence-electron chi connectivity index (χ1n) is 8.49. The van der Waals surface area contributed by atoms with Crippen LogP contribution < -0.4 is 4.74 Å². The maximum Gasteiger partial charge on any atom is 0.260 e. The number of hydrogen-bond acceptors (Lipinski definition) is 3. The summed E-state index contributed by atoms with van der Waals surface area (Å²) in [5.74, 6) is 0.800. The van der Waals surface area contributed by atoms with Gasteiger partial charge < -0.3 is 9.64 Å². The highest BCUT2D eigenvalue weighted by Gasteiger charge is 2.18. The third-order valence-electron chi connectivity index (χ3n) is 4.41. The molecule has 4 nitrogen and oxygen atoms in total. The third-order valence-corrected chi connectivity index (χ3v) is 4.41. The number of amides is 1. The van der Waals surface area contributed by atoms with Crippen LogP contribution in [-0.2, 0) is 4.79 Å². The zero-order valence-corrected chi connectivity index (χ0v) is 14.0. The van der Waals surface area contributed by atoms with Crippen molar-refractivity contribution in [2.75, 3.05) is 39.3 Å². The lowest BCUT2D eigenvalue weighted by Gasteiger charge is -2.21. The molecule has 0 radical (unpaired) electrons. The SMILES string of the molecule is C=CCN1CCCN(C(=O)COc2ccc3ccccc3c2)CC1. The predicted octanol–water partition coefficient (Wildman–Crippen LogP) is 2.94. The lowest BCUT2D eigenvalue weighted by Crippen LogP contribution is -2.38. The molecule has 1 aliphatic rings. The number of fused-ring (bicyclic) bond motifs is 1. The second-order valence-electron chi connectivity index (χ2n) is 6.12. The fourth-order valence-electron chi connectivity index (χ4n) is 3.08. The Balaban J connectivity index is 1.55. The van der Waals surface area contributed by atoms with Crippen molar-refractivity contribution in [2.24, 2.45) is 0 Å². The topological polar surface area (TPSA) is 32.8 Å². The second kappa shape index (κ2) is 7.97. The number of benzene rings is 2. The van der Waals surface area contributed by atoms with E-state index in [9.17, 15) is 4.79 Å². The van der Waals surface area contributed by atoms with Crippen LogP contribution in [0.4, 0.5) is 0 Å². The number of nitrogens with zero attached hydrogens (tertiary/aromatic N) is 2. The Morgan fingerprint density at radius 2 is 1.92 bits per heavy atom. The van der Waals surface area contributed by atoms with Crippen LogP contribution in [0.15, 0.2) is 55.1 Å². The van der Waals surface area contributed by atoms with Crippen molar-refractivity contribution in [3.05, 3.63) is 55.1 Å². The minimum Gasteiger partial charge on any atom is -0.484 e. The summed E-state index contributed by atoms with van der Waals surface area (Å²) in [4.78, 5) is 16.6. The molecule has 0 unspecified atom stereocenters. The van der Waals surface area contributed by atoms with Gasteiger partial charge in [0.05, 0.1) is 0 Å². The molecular weight excluding hydrogens is 300 g/mol. The van der Waals surface area contributed by atoms with E-state index in [2.05, 4.69) is 17.5 Å². The van der Waals surface area contributed by atoms with E-state index < -0.39 is 0 Å². The fraction of sp³-hybridized carbons (Fsp3) is 0.350. The molecule has 126 valence electrons. The van der Waals surface area contributed by atoms with Gasteiger partial charge in [0.1, 0.15) is 5.75 Å². The van der Waals surface area contributed by atoms with Crippen molar-refractivity contribution in [3.8, 4) is 5.75 Å². The van der Waals surface area contributed by atoms with E-state index in [0.29, 0.717) is 0 Å². The third kappa shape index (κ3) is 4.15. The first kappa shape index (κ1) is 16.5. The summed E-state index contributed by atoms with van der Waals surface area (Å²) in [5, 5.41) is 2.29. The molecule has 1 amide bonds. The summed E-state index contributed by atoms with van der Waals surface area (Å²) in [6.07, 6.45) is 2.91. The van der Waals surface area contributed by atoms with Crippen LogP contribution in [0.25, 0.3) is 10.8 Å². The average molecular weight is 324 g/mol. The molecule has 0 bridgehead atoms. The molecule has 0 saturated carbocycles. The van der Waals surface area contributed by atoms with Gasteiger partial charge in [0.2, 0.25) is 0 Å². The van der Waals surface area contributed by atoms with Crippen molar-refractivity contribution in [3.63, 3.8) is 0 Å². The molecule has 1 heterocycles. The molecule has 0 N–H and O–H groups in total. The van der Waals surface area contributed by atoms with Gasteiger partial charge in [-0.1, -0.05) is 36.4 Å². The summed E-state index contributed by atoms with van der Waals surface area (Å²) in [6, 6.07) is 14.1. The summed E-state index contributed by atoms with van der Waals surface area (Å²) in [5.41, 5.74) is 0. The van der Waals surface area contributed by atoms with Crippen molar-refractivity contribution >= 4 is 16.7 Å². The lowest BCUT2D eigenvalue weighted by molar-refractivity contribution is -0.133. The quantitative estimate of drug-likeness (QED) is 0.793. The fourth-order valence-corrected chi connectivity index (χ4v) is 3.08. The van der Waals surface area contributed by atoms with E-state index in [1.165, 1.54) is 5.39 Å². The number of rotatable bonds is 5. The molecule has 1 aliphatic heterocycles. The van der Waals surface area contributed by atoms with E-state index in [4.69, 9.17) is 4.74 Å². The summed E-state index contributed by atoms with van der Waals surface area (Å²) in [7, 11) is 0. The van der Waals surface area contributed by atoms with Crippen molar-refractivity contribution in [1.29, 1.82) is 0 Å². The van der Waals surface area contributed by atoms with Crippen molar-refractivity contribution < 1.29 is 9.53 Å². The highest BCUT2D eigenvalue weighted by atomic mass is 16.5. The van der Waals surface area contributed by atoms with Gasteiger partial charge in [0, 0.05) is 32.7 Å². The second-order valence-corrected chi connectivity index (χ2v) is 6.12. The molecule has 0 aliphatic carbocycles. The molecule has 2 aromatic carbocycles. The molecular formula is C20H24N2O2. The Labute approximate surface area is 143 Å². The van der Waals surface area contributed by atoms with E-state index in [1.54, 1.807) is 0 Å². The Morgan fingerprint density at radius 3 is 2.75 bits per heavy atom. The van der Waals surface area contributed by atoms with Crippen LogP contribution in [0.5, 0.6) is 5.75 Å². The molecule has 1 fully saturated rings.